The van der Waals surface area contributed by atoms with Crippen molar-refractivity contribution in [2.24, 2.45) is 0 Å². The highest BCUT2D eigenvalue weighted by molar-refractivity contribution is 5.75. The van der Waals surface area contributed by atoms with Crippen LogP contribution in [0, 0.1) is 0 Å². The van der Waals surface area contributed by atoms with Gasteiger partial charge < -0.3 is 14.8 Å². The molecule has 27 heavy (non-hydrogen) atoms. The Morgan fingerprint density at radius 2 is 1.96 bits per heavy atom. The molecule has 0 radical (unpaired) electrons. The molecule has 0 atom stereocenters. The summed E-state index contributed by atoms with van der Waals surface area (Å²) >= 11 is 0. The fourth-order valence-corrected chi connectivity index (χ4v) is 2.62. The maximum Gasteiger partial charge on any atom is 0.242 e. The van der Waals surface area contributed by atoms with E-state index in [1.807, 2.05) is 55.5 Å². The van der Waals surface area contributed by atoms with E-state index in [-0.39, 0.29) is 12.5 Å². The molecule has 0 unspecified atom stereocenters. The largest absolute Gasteiger partial charge is 0.493 e. The average Bonchev–Trinajstić information content (AvgIpc) is 3.16. The molecule has 0 aliphatic carbocycles. The minimum atomic E-state index is -0.146. The van der Waals surface area contributed by atoms with Crippen LogP contribution < -0.4 is 14.8 Å². The number of rotatable bonds is 8. The van der Waals surface area contributed by atoms with Crippen LogP contribution in [0.5, 0.6) is 11.5 Å². The van der Waals surface area contributed by atoms with Gasteiger partial charge in [-0.2, -0.15) is 0 Å². The van der Waals surface area contributed by atoms with E-state index in [0.717, 1.165) is 16.8 Å². The minimum Gasteiger partial charge on any atom is -0.493 e. The highest BCUT2D eigenvalue weighted by atomic mass is 16.5. The lowest BCUT2D eigenvalue weighted by Crippen LogP contribution is -2.27. The van der Waals surface area contributed by atoms with Crippen LogP contribution in [0.4, 0.5) is 0 Å². The summed E-state index contributed by atoms with van der Waals surface area (Å²) in [7, 11) is 1.59. The highest BCUT2D eigenvalue weighted by Crippen LogP contribution is 2.27. The van der Waals surface area contributed by atoms with Crippen molar-refractivity contribution in [1.29, 1.82) is 0 Å². The van der Waals surface area contributed by atoms with Gasteiger partial charge in [0.05, 0.1) is 19.9 Å². The van der Waals surface area contributed by atoms with Gasteiger partial charge in [0.1, 0.15) is 12.2 Å². The van der Waals surface area contributed by atoms with Crippen LogP contribution in [0.3, 0.4) is 0 Å². The Labute approximate surface area is 157 Å². The van der Waals surface area contributed by atoms with Crippen molar-refractivity contribution in [3.05, 3.63) is 60.3 Å². The van der Waals surface area contributed by atoms with Gasteiger partial charge in [-0.15, -0.1) is 5.10 Å². The molecule has 2 aromatic carbocycles. The third-order valence-electron chi connectivity index (χ3n) is 3.93. The molecule has 7 nitrogen and oxygen atoms in total. The van der Waals surface area contributed by atoms with E-state index in [1.54, 1.807) is 13.3 Å². The van der Waals surface area contributed by atoms with E-state index in [2.05, 4.69) is 15.6 Å². The predicted octanol–water partition coefficient (Wildman–Crippen LogP) is 2.67. The molecular formula is C20H22N4O3. The summed E-state index contributed by atoms with van der Waals surface area (Å²) in [5.41, 5.74) is 2.62. The van der Waals surface area contributed by atoms with Crippen LogP contribution in [-0.4, -0.2) is 34.6 Å². The molecule has 1 aromatic heterocycles. The molecule has 1 N–H and O–H groups in total. The molecule has 3 rings (SSSR count). The van der Waals surface area contributed by atoms with Crippen molar-refractivity contribution in [1.82, 2.24) is 20.3 Å². The molecule has 140 valence electrons. The second-order valence-corrected chi connectivity index (χ2v) is 5.86. The zero-order valence-electron chi connectivity index (χ0n) is 15.4. The van der Waals surface area contributed by atoms with Crippen LogP contribution >= 0.6 is 0 Å². The van der Waals surface area contributed by atoms with Gasteiger partial charge in [0.25, 0.3) is 0 Å². The second-order valence-electron chi connectivity index (χ2n) is 5.86. The lowest BCUT2D eigenvalue weighted by molar-refractivity contribution is -0.122. The topological polar surface area (TPSA) is 78.3 Å². The molecule has 0 bridgehead atoms. The number of aromatic nitrogens is 3. The van der Waals surface area contributed by atoms with Crippen molar-refractivity contribution in [3.8, 4) is 22.8 Å². The Morgan fingerprint density at radius 1 is 1.15 bits per heavy atom. The smallest absolute Gasteiger partial charge is 0.242 e. The van der Waals surface area contributed by atoms with Gasteiger partial charge in [0.2, 0.25) is 5.91 Å². The predicted molar refractivity (Wildman–Crippen MR) is 101 cm³/mol. The number of methoxy groups -OCH3 is 1. The number of ether oxygens (including phenoxy) is 2. The van der Waals surface area contributed by atoms with Gasteiger partial charge in [0, 0.05) is 12.1 Å². The lowest BCUT2D eigenvalue weighted by atomic mass is 10.2. The zero-order chi connectivity index (χ0) is 19.1. The molecule has 3 aromatic rings. The van der Waals surface area contributed by atoms with E-state index in [9.17, 15) is 4.79 Å². The normalized spacial score (nSPS) is 10.4. The molecule has 7 heteroatoms. The molecular weight excluding hydrogens is 344 g/mol. The minimum absolute atomic E-state index is 0.105. The van der Waals surface area contributed by atoms with Gasteiger partial charge in [0.15, 0.2) is 11.5 Å². The monoisotopic (exact) mass is 366 g/mol. The fraction of sp³-hybridized carbons (Fsp3) is 0.250. The van der Waals surface area contributed by atoms with Crippen LogP contribution in [0.1, 0.15) is 12.5 Å². The first-order chi connectivity index (χ1) is 13.2. The Morgan fingerprint density at radius 3 is 2.70 bits per heavy atom. The number of benzene rings is 2. The van der Waals surface area contributed by atoms with Crippen LogP contribution in [0.2, 0.25) is 0 Å². The van der Waals surface area contributed by atoms with Crippen molar-refractivity contribution in [2.75, 3.05) is 13.7 Å². The first-order valence-electron chi connectivity index (χ1n) is 8.71. The van der Waals surface area contributed by atoms with Crippen molar-refractivity contribution < 1.29 is 14.3 Å². The quantitative estimate of drug-likeness (QED) is 0.663. The number of hydrogen-bond acceptors (Lipinski definition) is 5. The molecule has 0 fully saturated rings. The standard InChI is InChI=1S/C20H22N4O3/c1-3-27-18-10-9-15(11-19(18)26-2)12-21-20(25)14-24-13-17(22-23-24)16-7-5-4-6-8-16/h4-11,13H,3,12,14H2,1-2H3,(H,21,25). The number of amides is 1. The third kappa shape index (κ3) is 4.84. The second kappa shape index (κ2) is 8.84. The Bertz CT molecular complexity index is 893. The molecule has 0 spiro atoms. The van der Waals surface area contributed by atoms with Gasteiger partial charge in [-0.1, -0.05) is 41.6 Å². The van der Waals surface area contributed by atoms with E-state index in [1.165, 1.54) is 4.68 Å². The van der Waals surface area contributed by atoms with Crippen molar-refractivity contribution in [2.45, 2.75) is 20.0 Å². The van der Waals surface area contributed by atoms with E-state index >= 15 is 0 Å². The summed E-state index contributed by atoms with van der Waals surface area (Å²) in [4.78, 5) is 12.2. The van der Waals surface area contributed by atoms with Crippen molar-refractivity contribution >= 4 is 5.91 Å². The van der Waals surface area contributed by atoms with Crippen LogP contribution in [0.25, 0.3) is 11.3 Å². The molecule has 0 saturated heterocycles. The summed E-state index contributed by atoms with van der Waals surface area (Å²) in [6, 6.07) is 15.3. The molecule has 1 amide bonds. The summed E-state index contributed by atoms with van der Waals surface area (Å²) in [5.74, 6) is 1.19. The first kappa shape index (κ1) is 18.4. The maximum absolute atomic E-state index is 12.2. The molecule has 0 aliphatic heterocycles. The third-order valence-corrected chi connectivity index (χ3v) is 3.93. The number of nitrogens with zero attached hydrogens (tertiary/aromatic N) is 3. The van der Waals surface area contributed by atoms with Gasteiger partial charge >= 0.3 is 0 Å². The van der Waals surface area contributed by atoms with Gasteiger partial charge in [-0.05, 0) is 24.6 Å². The lowest BCUT2D eigenvalue weighted by Gasteiger charge is -2.11. The van der Waals surface area contributed by atoms with E-state index < -0.39 is 0 Å². The van der Waals surface area contributed by atoms with E-state index in [0.29, 0.717) is 24.7 Å². The summed E-state index contributed by atoms with van der Waals surface area (Å²) in [6.07, 6.45) is 1.76. The molecule has 0 saturated carbocycles. The average molecular weight is 366 g/mol. The first-order valence-corrected chi connectivity index (χ1v) is 8.71. The summed E-state index contributed by atoms with van der Waals surface area (Å²) in [6.45, 7) is 2.98. The number of carbonyl (C=O) groups excluding carboxylic acids is 1. The number of hydrogen-bond donors (Lipinski definition) is 1. The van der Waals surface area contributed by atoms with Crippen LogP contribution in [0.15, 0.2) is 54.7 Å². The SMILES string of the molecule is CCOc1ccc(CNC(=O)Cn2cc(-c3ccccc3)nn2)cc1OC. The highest BCUT2D eigenvalue weighted by Gasteiger charge is 2.09. The maximum atomic E-state index is 12.2. The molecule has 1 heterocycles. The van der Waals surface area contributed by atoms with Gasteiger partial charge in [-0.25, -0.2) is 4.68 Å². The summed E-state index contributed by atoms with van der Waals surface area (Å²) in [5, 5.41) is 11.0. The van der Waals surface area contributed by atoms with Crippen LogP contribution in [-0.2, 0) is 17.9 Å². The Hall–Kier alpha value is -3.35. The van der Waals surface area contributed by atoms with Gasteiger partial charge in [-0.3, -0.25) is 4.79 Å². The number of nitrogens with one attached hydrogen (secondary N) is 1. The van der Waals surface area contributed by atoms with Crippen molar-refractivity contribution in [3.63, 3.8) is 0 Å². The fourth-order valence-electron chi connectivity index (χ4n) is 2.62. The summed E-state index contributed by atoms with van der Waals surface area (Å²) < 4.78 is 12.3. The zero-order valence-corrected chi connectivity index (χ0v) is 15.4. The Balaban J connectivity index is 1.56. The number of carbonyl (C=O) groups is 1. The Kier molecular flexibility index (Phi) is 6.04. The molecule has 0 aliphatic rings. The van der Waals surface area contributed by atoms with E-state index in [4.69, 9.17) is 9.47 Å².